The van der Waals surface area contributed by atoms with Crippen molar-refractivity contribution >= 4 is 24.8 Å². The van der Waals surface area contributed by atoms with Crippen molar-refractivity contribution in [2.75, 3.05) is 0 Å². The van der Waals surface area contributed by atoms with Gasteiger partial charge in [0.05, 0.1) is 0 Å². The van der Waals surface area contributed by atoms with Gasteiger partial charge in [-0.25, -0.2) is 0 Å². The zero-order chi connectivity index (χ0) is 16.2. The summed E-state index contributed by atoms with van der Waals surface area (Å²) in [6.45, 7) is 6.50. The Morgan fingerprint density at radius 1 is 1.18 bits per heavy atom. The van der Waals surface area contributed by atoms with E-state index >= 15 is 0 Å². The molecule has 2 nitrogen and oxygen atoms in total. The Balaban J connectivity index is 2.30. The molecule has 0 amide bonds. The fourth-order valence-corrected chi connectivity index (χ4v) is 4.09. The van der Waals surface area contributed by atoms with Crippen LogP contribution in [0.2, 0.25) is 0 Å². The van der Waals surface area contributed by atoms with Gasteiger partial charge in [-0.15, -0.1) is 0 Å². The number of rotatable bonds is 4. The molecule has 1 saturated carbocycles. The van der Waals surface area contributed by atoms with Crippen LogP contribution in [-0.2, 0) is 21.6 Å². The Kier molecular flexibility index (Phi) is 6.82. The van der Waals surface area contributed by atoms with Gasteiger partial charge in [-0.3, -0.25) is 0 Å². The topological polar surface area (TPSA) is 21.6 Å². The molecular formula is C17H24Cl2NOTi. The molecule has 0 aliphatic heterocycles. The van der Waals surface area contributed by atoms with Crippen LogP contribution in [0.4, 0.5) is 0 Å². The number of aliphatic imine (C=N–C) groups is 1. The maximum absolute atomic E-state index is 6.02. The van der Waals surface area contributed by atoms with Crippen LogP contribution in [0.3, 0.4) is 0 Å². The average molecular weight is 377 g/mol. The van der Waals surface area contributed by atoms with Gasteiger partial charge >= 0.3 is 149 Å². The fourth-order valence-electron chi connectivity index (χ4n) is 2.85. The molecule has 0 bridgehead atoms. The van der Waals surface area contributed by atoms with Gasteiger partial charge in [0.15, 0.2) is 0 Å². The molecule has 0 atom stereocenters. The molecule has 1 aromatic rings. The first-order valence-electron chi connectivity index (χ1n) is 7.90. The Morgan fingerprint density at radius 3 is 2.45 bits per heavy atom. The number of para-hydroxylation sites is 1. The normalized spacial score (nSPS) is 17.0. The average Bonchev–Trinajstić information content (AvgIpc) is 2.45. The van der Waals surface area contributed by atoms with Crippen molar-refractivity contribution in [2.24, 2.45) is 4.99 Å². The van der Waals surface area contributed by atoms with Crippen molar-refractivity contribution < 1.29 is 19.5 Å². The van der Waals surface area contributed by atoms with E-state index in [1.807, 2.05) is 12.3 Å². The van der Waals surface area contributed by atoms with Gasteiger partial charge in [0.25, 0.3) is 0 Å². The molecule has 0 unspecified atom stereocenters. The fraction of sp³-hybridized carbons (Fsp3) is 0.588. The van der Waals surface area contributed by atoms with Crippen LogP contribution in [0, 0.1) is 0 Å². The molecule has 5 heteroatoms. The predicted molar refractivity (Wildman–Crippen MR) is 91.9 cm³/mol. The molecule has 0 radical (unpaired) electrons. The van der Waals surface area contributed by atoms with E-state index in [1.54, 1.807) is 0 Å². The molecular weight excluding hydrogens is 353 g/mol. The van der Waals surface area contributed by atoms with E-state index in [0.717, 1.165) is 16.9 Å². The molecule has 0 heterocycles. The quantitative estimate of drug-likeness (QED) is 0.469. The Hall–Kier alpha value is -0.0157. The summed E-state index contributed by atoms with van der Waals surface area (Å²) in [5.74, 6) is 0.814. The van der Waals surface area contributed by atoms with Crippen LogP contribution >= 0.6 is 18.6 Å². The summed E-state index contributed by atoms with van der Waals surface area (Å²) < 4.78 is 5.85. The van der Waals surface area contributed by atoms with E-state index in [-0.39, 0.29) is 5.41 Å². The van der Waals surface area contributed by atoms with Crippen molar-refractivity contribution in [1.29, 1.82) is 0 Å². The standard InChI is InChI=1S/C17H25NO.2ClH.Ti/c1-17(2,3)15-11-7-8-13(16(15)19)12-18-14-9-5-4-6-10-14;;;/h7-8,11-12,14,19H,4-6,9-10H2,1-3H3;2*1H;/q;;;+3/p-3. The minimum atomic E-state index is -2.46. The molecule has 0 aromatic heterocycles. The van der Waals surface area contributed by atoms with Gasteiger partial charge in [0.1, 0.15) is 0 Å². The number of hydrogen-bond donors (Lipinski definition) is 0. The summed E-state index contributed by atoms with van der Waals surface area (Å²) in [4.78, 5) is 4.77. The van der Waals surface area contributed by atoms with Crippen molar-refractivity contribution in [3.05, 3.63) is 29.3 Å². The van der Waals surface area contributed by atoms with Gasteiger partial charge in [-0.2, -0.15) is 0 Å². The Labute approximate surface area is 148 Å². The van der Waals surface area contributed by atoms with E-state index in [9.17, 15) is 0 Å². The molecule has 1 aliphatic carbocycles. The zero-order valence-corrected chi connectivity index (χ0v) is 16.6. The summed E-state index contributed by atoms with van der Waals surface area (Å²) in [6.07, 6.45) is 8.24. The SMILES string of the molecule is CC(C)(C)c1cccc(C=NC2CCCCC2)c1[O][Ti]([Cl])[Cl]. The van der Waals surface area contributed by atoms with Gasteiger partial charge in [0, 0.05) is 0 Å². The van der Waals surface area contributed by atoms with Gasteiger partial charge in [-0.05, 0) is 0 Å². The second kappa shape index (κ2) is 8.19. The molecule has 121 valence electrons. The summed E-state index contributed by atoms with van der Waals surface area (Å²) in [5, 5.41) is 0. The molecule has 1 fully saturated rings. The summed E-state index contributed by atoms with van der Waals surface area (Å²) in [5.41, 5.74) is 2.10. The molecule has 0 saturated heterocycles. The van der Waals surface area contributed by atoms with Crippen LogP contribution in [0.5, 0.6) is 5.75 Å². The monoisotopic (exact) mass is 376 g/mol. The van der Waals surface area contributed by atoms with Gasteiger partial charge in [-0.1, -0.05) is 0 Å². The van der Waals surface area contributed by atoms with Gasteiger partial charge < -0.3 is 0 Å². The summed E-state index contributed by atoms with van der Waals surface area (Å²) in [7, 11) is 12.0. The zero-order valence-electron chi connectivity index (χ0n) is 13.5. The van der Waals surface area contributed by atoms with E-state index in [0.29, 0.717) is 6.04 Å². The van der Waals surface area contributed by atoms with Crippen LogP contribution in [0.25, 0.3) is 0 Å². The number of halogens is 2. The van der Waals surface area contributed by atoms with Gasteiger partial charge in [0.2, 0.25) is 0 Å². The Bertz CT molecular complexity index is 520. The van der Waals surface area contributed by atoms with Crippen LogP contribution in [0.1, 0.15) is 64.0 Å². The van der Waals surface area contributed by atoms with E-state index in [2.05, 4.69) is 32.9 Å². The van der Waals surface area contributed by atoms with E-state index in [1.165, 1.54) is 32.1 Å². The first kappa shape index (κ1) is 18.3. The van der Waals surface area contributed by atoms with Crippen LogP contribution in [0.15, 0.2) is 23.2 Å². The van der Waals surface area contributed by atoms with Crippen molar-refractivity contribution in [2.45, 2.75) is 64.3 Å². The minimum absolute atomic E-state index is 0.0223. The second-order valence-corrected chi connectivity index (χ2v) is 11.5. The Morgan fingerprint density at radius 2 is 1.86 bits per heavy atom. The first-order valence-corrected chi connectivity index (χ1v) is 12.8. The van der Waals surface area contributed by atoms with Crippen LogP contribution < -0.4 is 3.32 Å². The van der Waals surface area contributed by atoms with Crippen molar-refractivity contribution in [3.8, 4) is 5.75 Å². The third-order valence-electron chi connectivity index (χ3n) is 4.03. The third kappa shape index (κ3) is 5.27. The third-order valence-corrected chi connectivity index (χ3v) is 5.23. The second-order valence-electron chi connectivity index (χ2n) is 6.87. The maximum atomic E-state index is 6.02. The molecule has 0 spiro atoms. The van der Waals surface area contributed by atoms with Crippen LogP contribution in [-0.4, -0.2) is 12.3 Å². The number of nitrogens with zero attached hydrogens (tertiary/aromatic N) is 1. The van der Waals surface area contributed by atoms with Crippen molar-refractivity contribution in [3.63, 3.8) is 0 Å². The molecule has 2 rings (SSSR count). The first-order chi connectivity index (χ1) is 10.4. The summed E-state index contributed by atoms with van der Waals surface area (Å²) >= 11 is -2.46. The predicted octanol–water partition coefficient (Wildman–Crippen LogP) is 5.96. The molecule has 1 aliphatic rings. The summed E-state index contributed by atoms with van der Waals surface area (Å²) in [6, 6.07) is 6.62. The van der Waals surface area contributed by atoms with E-state index < -0.39 is 16.1 Å². The van der Waals surface area contributed by atoms with E-state index in [4.69, 9.17) is 26.9 Å². The van der Waals surface area contributed by atoms with Crippen molar-refractivity contribution in [1.82, 2.24) is 0 Å². The molecule has 1 aromatic carbocycles. The molecule has 22 heavy (non-hydrogen) atoms. The number of benzene rings is 1. The molecule has 0 N–H and O–H groups in total. The number of hydrogen-bond acceptors (Lipinski definition) is 2.